The van der Waals surface area contributed by atoms with Gasteiger partial charge in [-0.15, -0.1) is 12.4 Å². The summed E-state index contributed by atoms with van der Waals surface area (Å²) in [5, 5.41) is 6.25. The van der Waals surface area contributed by atoms with Gasteiger partial charge in [0.1, 0.15) is 11.5 Å². The second-order valence-corrected chi connectivity index (χ2v) is 5.49. The number of rotatable bonds is 5. The predicted molar refractivity (Wildman–Crippen MR) is 94.9 cm³/mol. The highest BCUT2D eigenvalue weighted by molar-refractivity contribution is 5.95. The van der Waals surface area contributed by atoms with Crippen LogP contribution in [0.1, 0.15) is 27.0 Å². The molecule has 1 amide bonds. The number of hydrogen-bond acceptors (Lipinski definition) is 4. The zero-order valence-corrected chi connectivity index (χ0v) is 14.5. The maximum Gasteiger partial charge on any atom is 0.251 e. The molecule has 0 atom stereocenters. The smallest absolute Gasteiger partial charge is 0.251 e. The lowest BCUT2D eigenvalue weighted by Crippen LogP contribution is -2.23. The van der Waals surface area contributed by atoms with Gasteiger partial charge in [0.2, 0.25) is 0 Å². The average molecular weight is 349 g/mol. The summed E-state index contributed by atoms with van der Waals surface area (Å²) >= 11 is 0. The van der Waals surface area contributed by atoms with Crippen LogP contribution in [-0.2, 0) is 19.6 Å². The largest absolute Gasteiger partial charge is 0.497 e. The molecular weight excluding hydrogens is 328 g/mol. The molecule has 1 aliphatic heterocycles. The number of nitrogens with one attached hydrogen (secondary N) is 2. The van der Waals surface area contributed by atoms with Crippen LogP contribution in [0, 0.1) is 0 Å². The van der Waals surface area contributed by atoms with Crippen molar-refractivity contribution in [3.05, 3.63) is 58.7 Å². The van der Waals surface area contributed by atoms with E-state index in [9.17, 15) is 4.79 Å². The van der Waals surface area contributed by atoms with E-state index in [1.807, 2.05) is 0 Å². The van der Waals surface area contributed by atoms with Crippen molar-refractivity contribution in [1.82, 2.24) is 10.6 Å². The number of halogens is 1. The molecule has 0 spiro atoms. The first-order valence-corrected chi connectivity index (χ1v) is 7.52. The molecule has 0 aromatic heterocycles. The minimum absolute atomic E-state index is 0. The third-order valence-corrected chi connectivity index (χ3v) is 3.97. The molecule has 2 N–H and O–H groups in total. The molecule has 0 fully saturated rings. The van der Waals surface area contributed by atoms with E-state index >= 15 is 0 Å². The summed E-state index contributed by atoms with van der Waals surface area (Å²) in [7, 11) is 3.13. The molecule has 2 aromatic carbocycles. The summed E-state index contributed by atoms with van der Waals surface area (Å²) in [6.45, 7) is 2.31. The molecule has 1 heterocycles. The minimum atomic E-state index is -0.152. The Morgan fingerprint density at radius 1 is 1.04 bits per heavy atom. The number of ether oxygens (including phenoxy) is 2. The normalized spacial score (nSPS) is 12.1. The van der Waals surface area contributed by atoms with Crippen molar-refractivity contribution in [2.45, 2.75) is 19.6 Å². The number of amides is 1. The minimum Gasteiger partial charge on any atom is -0.497 e. The Morgan fingerprint density at radius 2 is 1.71 bits per heavy atom. The molecule has 0 unspecified atom stereocenters. The molecule has 0 saturated heterocycles. The van der Waals surface area contributed by atoms with Crippen molar-refractivity contribution in [3.63, 3.8) is 0 Å². The van der Waals surface area contributed by atoms with Crippen molar-refractivity contribution in [2.75, 3.05) is 14.2 Å². The van der Waals surface area contributed by atoms with Crippen LogP contribution in [0.15, 0.2) is 36.4 Å². The summed E-state index contributed by atoms with van der Waals surface area (Å²) in [5.74, 6) is 1.04. The van der Waals surface area contributed by atoms with Crippen LogP contribution >= 0.6 is 12.4 Å². The average Bonchev–Trinajstić information content (AvgIpc) is 3.06. The van der Waals surface area contributed by atoms with E-state index in [4.69, 9.17) is 9.47 Å². The van der Waals surface area contributed by atoms with Crippen molar-refractivity contribution < 1.29 is 14.3 Å². The number of fused-ring (bicyclic) bond motifs is 1. The van der Waals surface area contributed by atoms with E-state index in [-0.39, 0.29) is 18.3 Å². The summed E-state index contributed by atoms with van der Waals surface area (Å²) in [5.41, 5.74) is 4.25. The van der Waals surface area contributed by atoms with Crippen molar-refractivity contribution in [1.29, 1.82) is 0 Å². The summed E-state index contributed by atoms with van der Waals surface area (Å²) in [6, 6.07) is 11.4. The Bertz CT molecular complexity index is 712. The monoisotopic (exact) mass is 348 g/mol. The highest BCUT2D eigenvalue weighted by atomic mass is 35.5. The molecule has 1 aliphatic rings. The number of methoxy groups -OCH3 is 2. The number of carbonyl (C=O) groups is 1. The number of benzene rings is 2. The van der Waals surface area contributed by atoms with Gasteiger partial charge in [0.15, 0.2) is 0 Å². The molecule has 0 saturated carbocycles. The van der Waals surface area contributed by atoms with Gasteiger partial charge in [0, 0.05) is 31.3 Å². The van der Waals surface area contributed by atoms with E-state index < -0.39 is 0 Å². The van der Waals surface area contributed by atoms with E-state index in [1.165, 1.54) is 11.1 Å². The van der Waals surface area contributed by atoms with Crippen molar-refractivity contribution in [3.8, 4) is 11.5 Å². The molecule has 128 valence electrons. The van der Waals surface area contributed by atoms with E-state index in [0.29, 0.717) is 23.6 Å². The second kappa shape index (κ2) is 8.04. The van der Waals surface area contributed by atoms with Gasteiger partial charge < -0.3 is 20.1 Å². The fourth-order valence-electron chi connectivity index (χ4n) is 2.68. The third kappa shape index (κ3) is 3.99. The Hall–Kier alpha value is -2.24. The molecule has 0 aliphatic carbocycles. The van der Waals surface area contributed by atoms with Gasteiger partial charge in [-0.05, 0) is 28.8 Å². The standard InChI is InChI=1S/C18H20N2O3.ClH/c1-22-16-6-14(7-17(8-16)23-2)18(21)20-9-12-3-4-13-10-19-11-15(13)5-12;/h3-8,19H,9-11H2,1-2H3,(H,20,21);1H. The van der Waals surface area contributed by atoms with Crippen LogP contribution in [0.2, 0.25) is 0 Å². The SMILES string of the molecule is COc1cc(OC)cc(C(=O)NCc2ccc3c(c2)CNC3)c1.Cl. The Balaban J connectivity index is 0.00000208. The molecule has 3 rings (SSSR count). The van der Waals surface area contributed by atoms with Crippen LogP contribution < -0.4 is 20.1 Å². The van der Waals surface area contributed by atoms with Crippen LogP contribution in [-0.4, -0.2) is 20.1 Å². The molecule has 0 radical (unpaired) electrons. The van der Waals surface area contributed by atoms with Crippen LogP contribution in [0.25, 0.3) is 0 Å². The summed E-state index contributed by atoms with van der Waals surface area (Å²) < 4.78 is 10.4. The fourth-order valence-corrected chi connectivity index (χ4v) is 2.68. The number of hydrogen-bond donors (Lipinski definition) is 2. The van der Waals surface area contributed by atoms with E-state index in [2.05, 4.69) is 28.8 Å². The van der Waals surface area contributed by atoms with Crippen LogP contribution in [0.4, 0.5) is 0 Å². The highest BCUT2D eigenvalue weighted by Gasteiger charge is 2.12. The molecule has 6 heteroatoms. The number of carbonyl (C=O) groups excluding carboxylic acids is 1. The van der Waals surface area contributed by atoms with Crippen LogP contribution in [0.3, 0.4) is 0 Å². The first kappa shape index (κ1) is 18.1. The van der Waals surface area contributed by atoms with Crippen LogP contribution in [0.5, 0.6) is 11.5 Å². The molecule has 24 heavy (non-hydrogen) atoms. The zero-order chi connectivity index (χ0) is 16.2. The summed E-state index contributed by atoms with van der Waals surface area (Å²) in [4.78, 5) is 12.4. The second-order valence-electron chi connectivity index (χ2n) is 5.49. The quantitative estimate of drug-likeness (QED) is 0.872. The van der Waals surface area contributed by atoms with Gasteiger partial charge in [-0.2, -0.15) is 0 Å². The van der Waals surface area contributed by atoms with Crippen molar-refractivity contribution in [2.24, 2.45) is 0 Å². The molecule has 0 bridgehead atoms. The predicted octanol–water partition coefficient (Wildman–Crippen LogP) is 2.66. The Morgan fingerprint density at radius 3 is 2.38 bits per heavy atom. The highest BCUT2D eigenvalue weighted by Crippen LogP contribution is 2.22. The Kier molecular flexibility index (Phi) is 6.06. The molecular formula is C18H21ClN2O3. The van der Waals surface area contributed by atoms with Gasteiger partial charge in [0.25, 0.3) is 5.91 Å². The zero-order valence-electron chi connectivity index (χ0n) is 13.7. The van der Waals surface area contributed by atoms with Gasteiger partial charge in [-0.1, -0.05) is 18.2 Å². The molecule has 5 nitrogen and oxygen atoms in total. The van der Waals surface area contributed by atoms with Gasteiger partial charge in [-0.25, -0.2) is 0 Å². The lowest BCUT2D eigenvalue weighted by Gasteiger charge is -2.10. The van der Waals surface area contributed by atoms with Gasteiger partial charge >= 0.3 is 0 Å². The Labute approximate surface area is 147 Å². The first-order valence-electron chi connectivity index (χ1n) is 7.52. The molecule has 2 aromatic rings. The van der Waals surface area contributed by atoms with Gasteiger partial charge in [0.05, 0.1) is 14.2 Å². The maximum absolute atomic E-state index is 12.4. The van der Waals surface area contributed by atoms with Gasteiger partial charge in [-0.3, -0.25) is 4.79 Å². The lowest BCUT2D eigenvalue weighted by atomic mass is 10.1. The van der Waals surface area contributed by atoms with Crippen molar-refractivity contribution >= 4 is 18.3 Å². The maximum atomic E-state index is 12.4. The topological polar surface area (TPSA) is 59.6 Å². The fraction of sp³-hybridized carbons (Fsp3) is 0.278. The van der Waals surface area contributed by atoms with E-state index in [0.717, 1.165) is 18.7 Å². The first-order chi connectivity index (χ1) is 11.2. The lowest BCUT2D eigenvalue weighted by molar-refractivity contribution is 0.0950. The van der Waals surface area contributed by atoms with E-state index in [1.54, 1.807) is 32.4 Å². The summed E-state index contributed by atoms with van der Waals surface area (Å²) in [6.07, 6.45) is 0. The third-order valence-electron chi connectivity index (χ3n) is 3.97.